The van der Waals surface area contributed by atoms with Gasteiger partial charge in [-0.2, -0.15) is 0 Å². The molecule has 0 bridgehead atoms. The van der Waals surface area contributed by atoms with Crippen LogP contribution in [0.3, 0.4) is 0 Å². The number of hydrogen-bond acceptors (Lipinski definition) is 2. The molecular formula is C17H16Cl2N2O2. The van der Waals surface area contributed by atoms with Crippen molar-refractivity contribution >= 4 is 46.4 Å². The number of amides is 2. The van der Waals surface area contributed by atoms with E-state index in [9.17, 15) is 9.59 Å². The summed E-state index contributed by atoms with van der Waals surface area (Å²) in [6.45, 7) is 3.12. The Kier molecular flexibility index (Phi) is 5.64. The Morgan fingerprint density at radius 1 is 1.09 bits per heavy atom. The van der Waals surface area contributed by atoms with E-state index in [1.807, 2.05) is 25.1 Å². The van der Waals surface area contributed by atoms with E-state index in [-0.39, 0.29) is 23.4 Å². The van der Waals surface area contributed by atoms with Crippen molar-refractivity contribution in [2.24, 2.45) is 0 Å². The smallest absolute Gasteiger partial charge is 0.244 e. The molecule has 0 heterocycles. The lowest BCUT2D eigenvalue weighted by molar-refractivity contribution is -0.120. The van der Waals surface area contributed by atoms with E-state index in [2.05, 4.69) is 5.32 Å². The summed E-state index contributed by atoms with van der Waals surface area (Å²) in [6.07, 6.45) is 0. The molecule has 23 heavy (non-hydrogen) atoms. The number of rotatable bonds is 4. The van der Waals surface area contributed by atoms with Gasteiger partial charge in [0.25, 0.3) is 0 Å². The third-order valence-corrected chi connectivity index (χ3v) is 4.13. The van der Waals surface area contributed by atoms with E-state index in [0.717, 1.165) is 5.56 Å². The molecule has 120 valence electrons. The van der Waals surface area contributed by atoms with Crippen LogP contribution in [-0.2, 0) is 9.59 Å². The predicted molar refractivity (Wildman–Crippen MR) is 94.3 cm³/mol. The van der Waals surface area contributed by atoms with Gasteiger partial charge in [-0.3, -0.25) is 9.59 Å². The molecule has 2 aromatic carbocycles. The minimum atomic E-state index is -0.314. The van der Waals surface area contributed by atoms with Gasteiger partial charge < -0.3 is 10.2 Å². The van der Waals surface area contributed by atoms with Crippen LogP contribution in [0.2, 0.25) is 10.0 Å². The standard InChI is InChI=1S/C17H16Cl2N2O2/c1-11-6-3-4-8-14(11)20-16(23)10-21(12(2)22)15-9-5-7-13(18)17(15)19/h3-9H,10H2,1-2H3,(H,20,23). The number of anilines is 2. The zero-order valence-corrected chi connectivity index (χ0v) is 14.3. The van der Waals surface area contributed by atoms with Crippen LogP contribution in [0.25, 0.3) is 0 Å². The Morgan fingerprint density at radius 2 is 1.78 bits per heavy atom. The summed E-state index contributed by atoms with van der Waals surface area (Å²) >= 11 is 12.1. The Hall–Kier alpha value is -2.04. The second-order valence-electron chi connectivity index (χ2n) is 5.04. The molecule has 0 atom stereocenters. The monoisotopic (exact) mass is 350 g/mol. The van der Waals surface area contributed by atoms with Crippen molar-refractivity contribution in [3.8, 4) is 0 Å². The van der Waals surface area contributed by atoms with E-state index < -0.39 is 0 Å². The fraction of sp³-hybridized carbons (Fsp3) is 0.176. The topological polar surface area (TPSA) is 49.4 Å². The molecule has 0 spiro atoms. The highest BCUT2D eigenvalue weighted by atomic mass is 35.5. The van der Waals surface area contributed by atoms with Gasteiger partial charge in [0.05, 0.1) is 15.7 Å². The number of nitrogens with one attached hydrogen (secondary N) is 1. The van der Waals surface area contributed by atoms with Crippen LogP contribution in [0, 0.1) is 6.92 Å². The van der Waals surface area contributed by atoms with E-state index in [0.29, 0.717) is 16.4 Å². The molecule has 0 fully saturated rings. The van der Waals surface area contributed by atoms with Crippen LogP contribution in [0.5, 0.6) is 0 Å². The maximum absolute atomic E-state index is 12.3. The summed E-state index contributed by atoms with van der Waals surface area (Å²) in [5.41, 5.74) is 2.06. The van der Waals surface area contributed by atoms with Gasteiger partial charge in [0.15, 0.2) is 0 Å². The second-order valence-corrected chi connectivity index (χ2v) is 5.83. The second kappa shape index (κ2) is 7.49. The van der Waals surface area contributed by atoms with Crippen molar-refractivity contribution in [3.05, 3.63) is 58.1 Å². The average Bonchev–Trinajstić information content (AvgIpc) is 2.50. The number of carbonyl (C=O) groups excluding carboxylic acids is 2. The van der Waals surface area contributed by atoms with Gasteiger partial charge in [0.1, 0.15) is 6.54 Å². The first-order valence-corrected chi connectivity index (χ1v) is 7.73. The van der Waals surface area contributed by atoms with Crippen LogP contribution >= 0.6 is 23.2 Å². The normalized spacial score (nSPS) is 10.3. The van der Waals surface area contributed by atoms with E-state index >= 15 is 0 Å². The Labute approximate surface area is 145 Å². The fourth-order valence-corrected chi connectivity index (χ4v) is 2.51. The van der Waals surface area contributed by atoms with Gasteiger partial charge in [0, 0.05) is 12.6 Å². The maximum Gasteiger partial charge on any atom is 0.244 e. The van der Waals surface area contributed by atoms with Gasteiger partial charge in [-0.25, -0.2) is 0 Å². The summed E-state index contributed by atoms with van der Waals surface area (Å²) in [6, 6.07) is 12.4. The largest absolute Gasteiger partial charge is 0.324 e. The molecule has 0 saturated carbocycles. The first-order chi connectivity index (χ1) is 10.9. The van der Waals surface area contributed by atoms with Crippen LogP contribution < -0.4 is 10.2 Å². The third kappa shape index (κ3) is 4.24. The molecule has 2 aromatic rings. The van der Waals surface area contributed by atoms with Gasteiger partial charge >= 0.3 is 0 Å². The van der Waals surface area contributed by atoms with Crippen LogP contribution in [0.4, 0.5) is 11.4 Å². The number of halogens is 2. The van der Waals surface area contributed by atoms with Gasteiger partial charge in [-0.1, -0.05) is 47.5 Å². The van der Waals surface area contributed by atoms with Crippen molar-refractivity contribution in [2.45, 2.75) is 13.8 Å². The number of aryl methyl sites for hydroxylation is 1. The first-order valence-electron chi connectivity index (χ1n) is 6.97. The van der Waals surface area contributed by atoms with E-state index in [1.165, 1.54) is 11.8 Å². The van der Waals surface area contributed by atoms with Crippen LogP contribution in [0.15, 0.2) is 42.5 Å². The molecule has 0 saturated heterocycles. The number of benzene rings is 2. The van der Waals surface area contributed by atoms with Gasteiger partial charge in [-0.15, -0.1) is 0 Å². The highest BCUT2D eigenvalue weighted by Crippen LogP contribution is 2.32. The molecule has 2 rings (SSSR count). The summed E-state index contributed by atoms with van der Waals surface area (Å²) in [5, 5.41) is 3.36. The fourth-order valence-electron chi connectivity index (χ4n) is 2.11. The highest BCUT2D eigenvalue weighted by Gasteiger charge is 2.19. The molecule has 4 nitrogen and oxygen atoms in total. The summed E-state index contributed by atoms with van der Waals surface area (Å²) in [4.78, 5) is 25.5. The number of para-hydroxylation sites is 1. The minimum Gasteiger partial charge on any atom is -0.324 e. The lowest BCUT2D eigenvalue weighted by Gasteiger charge is -2.22. The summed E-state index contributed by atoms with van der Waals surface area (Å²) < 4.78 is 0. The first kappa shape index (κ1) is 17.3. The van der Waals surface area contributed by atoms with Crippen molar-refractivity contribution in [1.29, 1.82) is 0 Å². The van der Waals surface area contributed by atoms with Crippen molar-refractivity contribution < 1.29 is 9.59 Å². The predicted octanol–water partition coefficient (Wildman–Crippen LogP) is 4.29. The lowest BCUT2D eigenvalue weighted by Crippen LogP contribution is -2.37. The Balaban J connectivity index is 2.20. The number of carbonyl (C=O) groups is 2. The SMILES string of the molecule is CC(=O)N(CC(=O)Nc1ccccc1C)c1cccc(Cl)c1Cl. The highest BCUT2D eigenvalue weighted by molar-refractivity contribution is 6.44. The van der Waals surface area contributed by atoms with Crippen LogP contribution in [0.1, 0.15) is 12.5 Å². The Bertz CT molecular complexity index is 747. The zero-order chi connectivity index (χ0) is 17.0. The molecule has 0 aromatic heterocycles. The number of nitrogens with zero attached hydrogens (tertiary/aromatic N) is 1. The van der Waals surface area contributed by atoms with Crippen molar-refractivity contribution in [3.63, 3.8) is 0 Å². The molecule has 2 amide bonds. The molecule has 0 aliphatic rings. The summed E-state index contributed by atoms with van der Waals surface area (Å²) in [7, 11) is 0. The van der Waals surface area contributed by atoms with Crippen molar-refractivity contribution in [2.75, 3.05) is 16.8 Å². The zero-order valence-electron chi connectivity index (χ0n) is 12.8. The van der Waals surface area contributed by atoms with Gasteiger partial charge in [0.2, 0.25) is 11.8 Å². The van der Waals surface area contributed by atoms with Crippen LogP contribution in [-0.4, -0.2) is 18.4 Å². The maximum atomic E-state index is 12.3. The molecule has 0 aliphatic carbocycles. The van der Waals surface area contributed by atoms with Crippen molar-refractivity contribution in [1.82, 2.24) is 0 Å². The molecular weight excluding hydrogens is 335 g/mol. The molecule has 0 aliphatic heterocycles. The summed E-state index contributed by atoms with van der Waals surface area (Å²) in [5.74, 6) is -0.611. The van der Waals surface area contributed by atoms with Gasteiger partial charge in [-0.05, 0) is 30.7 Å². The molecule has 0 radical (unpaired) electrons. The molecule has 1 N–H and O–H groups in total. The quantitative estimate of drug-likeness (QED) is 0.893. The van der Waals surface area contributed by atoms with E-state index in [1.54, 1.807) is 24.3 Å². The van der Waals surface area contributed by atoms with E-state index in [4.69, 9.17) is 23.2 Å². The average molecular weight is 351 g/mol. The number of hydrogen-bond donors (Lipinski definition) is 1. The molecule has 0 unspecified atom stereocenters. The third-order valence-electron chi connectivity index (χ3n) is 3.32. The molecule has 6 heteroatoms. The lowest BCUT2D eigenvalue weighted by atomic mass is 10.2. The Morgan fingerprint density at radius 3 is 2.43 bits per heavy atom. The minimum absolute atomic E-state index is 0.149.